The van der Waals surface area contributed by atoms with E-state index in [2.05, 4.69) is 6.92 Å². The van der Waals surface area contributed by atoms with Crippen LogP contribution in [0.3, 0.4) is 0 Å². The van der Waals surface area contributed by atoms with Crippen LogP contribution in [-0.4, -0.2) is 19.8 Å². The number of hydrogen-bond donors (Lipinski definition) is 1. The van der Waals surface area contributed by atoms with E-state index in [0.29, 0.717) is 0 Å². The van der Waals surface area contributed by atoms with E-state index < -0.39 is 0 Å². The van der Waals surface area contributed by atoms with Crippen molar-refractivity contribution >= 4 is 0 Å². The molecule has 2 nitrogen and oxygen atoms in total. The van der Waals surface area contributed by atoms with Crippen LogP contribution in [0.1, 0.15) is 46.5 Å². The first-order chi connectivity index (χ1) is 5.91. The fourth-order valence-electron chi connectivity index (χ4n) is 0.772. The van der Waals surface area contributed by atoms with Gasteiger partial charge in [0.15, 0.2) is 0 Å². The van der Waals surface area contributed by atoms with E-state index in [1.807, 2.05) is 13.8 Å². The fourth-order valence-corrected chi connectivity index (χ4v) is 0.772. The van der Waals surface area contributed by atoms with Crippen molar-refractivity contribution in [3.63, 3.8) is 0 Å². The molecule has 0 bridgehead atoms. The van der Waals surface area contributed by atoms with Crippen LogP contribution in [0, 0.1) is 0 Å². The van der Waals surface area contributed by atoms with Gasteiger partial charge in [0.05, 0.1) is 0 Å². The van der Waals surface area contributed by atoms with E-state index >= 15 is 0 Å². The van der Waals surface area contributed by atoms with Crippen molar-refractivity contribution in [3.05, 3.63) is 0 Å². The van der Waals surface area contributed by atoms with E-state index in [9.17, 15) is 0 Å². The van der Waals surface area contributed by atoms with Crippen molar-refractivity contribution in [2.24, 2.45) is 5.73 Å². The zero-order chi connectivity index (χ0) is 9.66. The van der Waals surface area contributed by atoms with Crippen molar-refractivity contribution in [2.75, 3.05) is 19.8 Å². The van der Waals surface area contributed by atoms with Crippen molar-refractivity contribution in [1.82, 2.24) is 0 Å². The highest BCUT2D eigenvalue weighted by Crippen LogP contribution is 1.93. The molecule has 2 N–H and O–H groups in total. The molecule has 0 spiro atoms. The van der Waals surface area contributed by atoms with Gasteiger partial charge in [0.1, 0.15) is 0 Å². The molecule has 0 radical (unpaired) electrons. The van der Waals surface area contributed by atoms with E-state index in [0.717, 1.165) is 39.0 Å². The van der Waals surface area contributed by atoms with Crippen LogP contribution in [0.4, 0.5) is 0 Å². The quantitative estimate of drug-likeness (QED) is 0.604. The van der Waals surface area contributed by atoms with Gasteiger partial charge in [0.25, 0.3) is 0 Å². The number of hydrogen-bond acceptors (Lipinski definition) is 2. The first-order valence-electron chi connectivity index (χ1n) is 5.19. The third-order valence-electron chi connectivity index (χ3n) is 1.34. The van der Waals surface area contributed by atoms with Crippen LogP contribution in [0.15, 0.2) is 0 Å². The Morgan fingerprint density at radius 2 is 1.67 bits per heavy atom. The summed E-state index contributed by atoms with van der Waals surface area (Å²) < 4.78 is 5.29. The first kappa shape index (κ1) is 14.4. The molecule has 0 aliphatic rings. The van der Waals surface area contributed by atoms with Gasteiger partial charge >= 0.3 is 0 Å². The van der Waals surface area contributed by atoms with Crippen LogP contribution in [0.25, 0.3) is 0 Å². The van der Waals surface area contributed by atoms with Crippen molar-refractivity contribution in [2.45, 2.75) is 46.5 Å². The maximum Gasteiger partial charge on any atom is 0.0466 e. The summed E-state index contributed by atoms with van der Waals surface area (Å²) >= 11 is 0. The molecule has 0 aromatic heterocycles. The Labute approximate surface area is 77.5 Å². The molecule has 0 amide bonds. The summed E-state index contributed by atoms with van der Waals surface area (Å²) in [6, 6.07) is 0. The van der Waals surface area contributed by atoms with E-state index in [1.54, 1.807) is 0 Å². The molecule has 0 heterocycles. The zero-order valence-electron chi connectivity index (χ0n) is 8.94. The number of rotatable bonds is 7. The van der Waals surface area contributed by atoms with Gasteiger partial charge in [-0.2, -0.15) is 0 Å². The van der Waals surface area contributed by atoms with Crippen LogP contribution in [-0.2, 0) is 4.74 Å². The summed E-state index contributed by atoms with van der Waals surface area (Å²) in [6.07, 6.45) is 4.63. The third kappa shape index (κ3) is 16.5. The van der Waals surface area contributed by atoms with E-state index in [4.69, 9.17) is 10.5 Å². The lowest BCUT2D eigenvalue weighted by Gasteiger charge is -2.00. The second kappa shape index (κ2) is 17.1. The minimum absolute atomic E-state index is 0.813. The Morgan fingerprint density at radius 1 is 1.00 bits per heavy atom. The third-order valence-corrected chi connectivity index (χ3v) is 1.34. The second-order valence-corrected chi connectivity index (χ2v) is 2.46. The normalized spacial score (nSPS) is 9.00. The number of ether oxygens (including phenoxy) is 1. The predicted octanol–water partition coefficient (Wildman–Crippen LogP) is 2.57. The second-order valence-electron chi connectivity index (χ2n) is 2.46. The van der Waals surface area contributed by atoms with Crippen molar-refractivity contribution in [3.8, 4) is 0 Å². The molecule has 0 unspecified atom stereocenters. The highest BCUT2D eigenvalue weighted by Gasteiger charge is 1.86. The average molecular weight is 175 g/mol. The van der Waals surface area contributed by atoms with Crippen molar-refractivity contribution in [1.29, 1.82) is 0 Å². The fraction of sp³-hybridized carbons (Fsp3) is 1.00. The molecule has 0 aromatic carbocycles. The van der Waals surface area contributed by atoms with Gasteiger partial charge in [-0.15, -0.1) is 0 Å². The Bertz CT molecular complexity index is 49.8. The van der Waals surface area contributed by atoms with Crippen LogP contribution < -0.4 is 5.73 Å². The maximum atomic E-state index is 5.33. The molecule has 0 aliphatic heterocycles. The smallest absolute Gasteiger partial charge is 0.0466 e. The molecule has 0 fully saturated rings. The van der Waals surface area contributed by atoms with Crippen molar-refractivity contribution < 1.29 is 4.74 Å². The summed E-state index contributed by atoms with van der Waals surface area (Å²) in [5, 5.41) is 0. The number of unbranched alkanes of at least 4 members (excludes halogenated alkanes) is 2. The van der Waals surface area contributed by atoms with Gasteiger partial charge in [-0.05, 0) is 32.2 Å². The summed E-state index contributed by atoms with van der Waals surface area (Å²) in [6.45, 7) is 8.75. The summed E-state index contributed by atoms with van der Waals surface area (Å²) in [7, 11) is 0. The number of nitrogens with two attached hydrogens (primary N) is 1. The Hall–Kier alpha value is -0.0800. The molecule has 0 rings (SSSR count). The van der Waals surface area contributed by atoms with Gasteiger partial charge in [-0.25, -0.2) is 0 Å². The summed E-state index contributed by atoms with van der Waals surface area (Å²) in [5.74, 6) is 0. The predicted molar refractivity (Wildman–Crippen MR) is 55.4 cm³/mol. The monoisotopic (exact) mass is 175 g/mol. The summed E-state index contributed by atoms with van der Waals surface area (Å²) in [4.78, 5) is 0. The average Bonchev–Trinajstić information content (AvgIpc) is 2.15. The van der Waals surface area contributed by atoms with Gasteiger partial charge < -0.3 is 10.5 Å². The minimum Gasteiger partial charge on any atom is -0.381 e. The lowest BCUT2D eigenvalue weighted by atomic mass is 10.2. The van der Waals surface area contributed by atoms with Crippen LogP contribution in [0.2, 0.25) is 0 Å². The lowest BCUT2D eigenvalue weighted by molar-refractivity contribution is 0.131. The molecular formula is C10H25NO. The van der Waals surface area contributed by atoms with Gasteiger partial charge in [-0.3, -0.25) is 0 Å². The Balaban J connectivity index is 0. The molecule has 0 atom stereocenters. The maximum absolute atomic E-state index is 5.33. The van der Waals surface area contributed by atoms with Crippen LogP contribution >= 0.6 is 0 Å². The standard InChI is InChI=1S/C8H19NO.C2H6/c1-2-7-10-8-5-3-4-6-9;1-2/h2-9H2,1H3;1-2H3. The Morgan fingerprint density at radius 3 is 2.17 bits per heavy atom. The van der Waals surface area contributed by atoms with E-state index in [-0.39, 0.29) is 0 Å². The van der Waals surface area contributed by atoms with Gasteiger partial charge in [0.2, 0.25) is 0 Å². The van der Waals surface area contributed by atoms with Crippen LogP contribution in [0.5, 0.6) is 0 Å². The van der Waals surface area contributed by atoms with Gasteiger partial charge in [-0.1, -0.05) is 20.8 Å². The lowest BCUT2D eigenvalue weighted by Crippen LogP contribution is -2.00. The molecule has 0 saturated heterocycles. The summed E-state index contributed by atoms with van der Waals surface area (Å²) in [5.41, 5.74) is 5.33. The Kier molecular flexibility index (Phi) is 20.6. The molecular weight excluding hydrogens is 150 g/mol. The SMILES string of the molecule is CC.CCCOCCCCCN. The van der Waals surface area contributed by atoms with E-state index in [1.165, 1.54) is 6.42 Å². The minimum atomic E-state index is 0.813. The first-order valence-corrected chi connectivity index (χ1v) is 5.19. The highest BCUT2D eigenvalue weighted by molar-refractivity contribution is 4.40. The zero-order valence-corrected chi connectivity index (χ0v) is 8.94. The molecule has 0 aromatic rings. The molecule has 12 heavy (non-hydrogen) atoms. The molecule has 0 aliphatic carbocycles. The highest BCUT2D eigenvalue weighted by atomic mass is 16.5. The molecule has 76 valence electrons. The molecule has 0 saturated carbocycles. The topological polar surface area (TPSA) is 35.2 Å². The molecule has 2 heteroatoms. The van der Waals surface area contributed by atoms with Gasteiger partial charge in [0, 0.05) is 13.2 Å². The largest absolute Gasteiger partial charge is 0.381 e.